The summed E-state index contributed by atoms with van der Waals surface area (Å²) in [4.78, 5) is 47.1. The molecule has 131 valence electrons. The van der Waals surface area contributed by atoms with Crippen molar-refractivity contribution >= 4 is 55.1 Å². The Morgan fingerprint density at radius 3 is 1.50 bits per heavy atom. The number of esters is 1. The van der Waals surface area contributed by atoms with Crippen molar-refractivity contribution in [2.75, 3.05) is 0 Å². The van der Waals surface area contributed by atoms with Crippen molar-refractivity contribution in [1.82, 2.24) is 0 Å². The van der Waals surface area contributed by atoms with Crippen molar-refractivity contribution in [2.45, 2.75) is 34.5 Å². The van der Waals surface area contributed by atoms with Gasteiger partial charge in [-0.2, -0.15) is 0 Å². The number of aliphatic hydroxyl groups is 1. The molecular weight excluding hydrogens is 381 g/mol. The fourth-order valence-electron chi connectivity index (χ4n) is 0.528. The van der Waals surface area contributed by atoms with Gasteiger partial charge in [0, 0.05) is 20.8 Å². The molecule has 13 heteroatoms. The average Bonchev–Trinajstić information content (AvgIpc) is 2.64. The second-order valence-electron chi connectivity index (χ2n) is 3.18. The van der Waals surface area contributed by atoms with Crippen LogP contribution in [0.5, 0.6) is 0 Å². The topological polar surface area (TPSA) is 125 Å². The zero-order valence-corrected chi connectivity index (χ0v) is 16.1. The van der Waals surface area contributed by atoms with Gasteiger partial charge in [0.25, 0.3) is 0 Å². The summed E-state index contributed by atoms with van der Waals surface area (Å²) in [6.07, 6.45) is -1.37. The minimum atomic E-state index is -1.37. The molecule has 1 aliphatic heterocycles. The maximum absolute atomic E-state index is 10.3. The largest absolute Gasteiger partial charge is 1.00 e. The number of rotatable bonds is 0. The van der Waals surface area contributed by atoms with Crippen LogP contribution in [0.25, 0.3) is 0 Å². The normalized spacial score (nSPS) is 14.1. The molecule has 0 saturated heterocycles. The molecule has 0 fully saturated rings. The predicted octanol–water partition coefficient (Wildman–Crippen LogP) is -2.15. The van der Waals surface area contributed by atoms with Gasteiger partial charge in [-0.25, -0.2) is 24.2 Å². The fourth-order valence-corrected chi connectivity index (χ4v) is 0.788. The van der Waals surface area contributed by atoms with Crippen LogP contribution >= 0.6 is 23.2 Å². The van der Waals surface area contributed by atoms with E-state index >= 15 is 0 Å². The second-order valence-corrected chi connectivity index (χ2v) is 3.96. The molecule has 1 unspecified atom stereocenters. The Balaban J connectivity index is -0.000000125. The van der Waals surface area contributed by atoms with Crippen LogP contribution in [0.4, 0.5) is 0 Å². The molecule has 1 aliphatic rings. The van der Waals surface area contributed by atoms with Crippen LogP contribution in [-0.2, 0) is 38.3 Å². The van der Waals surface area contributed by atoms with Crippen LogP contribution < -0.4 is 29.6 Å². The van der Waals surface area contributed by atoms with Gasteiger partial charge in [-0.05, 0) is 0 Å². The van der Waals surface area contributed by atoms with Crippen LogP contribution in [0.2, 0.25) is 0 Å². The first-order valence-electron chi connectivity index (χ1n) is 5.20. The van der Waals surface area contributed by atoms with E-state index in [2.05, 4.69) is 27.2 Å². The Morgan fingerprint density at radius 2 is 1.42 bits per heavy atom. The van der Waals surface area contributed by atoms with Crippen LogP contribution in [0, 0.1) is 0 Å². The molecule has 1 N–H and O–H groups in total. The Labute approximate surface area is 172 Å². The molecule has 24 heavy (non-hydrogen) atoms. The quantitative estimate of drug-likeness (QED) is 0.211. The molecule has 0 aromatic carbocycles. The number of carbonyl (C=O) groups is 4. The number of hydrogen-bond donors (Lipinski definition) is 1. The van der Waals surface area contributed by atoms with E-state index in [1.54, 1.807) is 0 Å². The zero-order valence-electron chi connectivity index (χ0n) is 12.6. The van der Waals surface area contributed by atoms with Crippen molar-refractivity contribution in [3.05, 3.63) is 10.1 Å². The molecule has 0 aromatic heterocycles. The minimum absolute atomic E-state index is 0. The number of cyclic esters (lactones) is 1. The van der Waals surface area contributed by atoms with Crippen LogP contribution in [0.1, 0.15) is 28.2 Å². The minimum Gasteiger partial charge on any atom is -0.793 e. The van der Waals surface area contributed by atoms with Gasteiger partial charge in [-0.3, -0.25) is 4.79 Å². The molecule has 3 radical (unpaired) electrons. The van der Waals surface area contributed by atoms with Gasteiger partial charge in [0.1, 0.15) is 10.1 Å². The third-order valence-electron chi connectivity index (χ3n) is 1.27. The monoisotopic (exact) mass is 395 g/mol. The van der Waals surface area contributed by atoms with E-state index in [1.165, 1.54) is 6.92 Å². The van der Waals surface area contributed by atoms with Crippen molar-refractivity contribution in [2.24, 2.45) is 0 Å². The third-order valence-corrected chi connectivity index (χ3v) is 2.10. The Hall–Kier alpha value is -0.775. The van der Waals surface area contributed by atoms with Gasteiger partial charge in [0.05, 0.1) is 0 Å². The molecule has 0 bridgehead atoms. The van der Waals surface area contributed by atoms with E-state index in [-0.39, 0.29) is 47.0 Å². The maximum atomic E-state index is 10.3. The molecule has 1 rings (SSSR count). The van der Waals surface area contributed by atoms with Gasteiger partial charge >= 0.3 is 47.5 Å². The summed E-state index contributed by atoms with van der Waals surface area (Å²) < 4.78 is 7.78. The summed E-state index contributed by atoms with van der Waals surface area (Å²) in [6, 6.07) is 0. The van der Waals surface area contributed by atoms with E-state index in [9.17, 15) is 19.2 Å². The molecule has 0 spiro atoms. The first-order valence-corrected chi connectivity index (χ1v) is 5.95. The summed E-state index contributed by atoms with van der Waals surface area (Å²) in [5.74, 6) is -2.53. The smallest absolute Gasteiger partial charge is 0.793 e. The van der Waals surface area contributed by atoms with Crippen LogP contribution in [0.3, 0.4) is 0 Å². The van der Waals surface area contributed by atoms with Crippen molar-refractivity contribution in [3.8, 4) is 0 Å². The Morgan fingerprint density at radius 1 is 1.08 bits per heavy atom. The summed E-state index contributed by atoms with van der Waals surface area (Å²) in [5, 5.41) is 8.22. The first-order chi connectivity index (χ1) is 10.0. The van der Waals surface area contributed by atoms with Gasteiger partial charge < -0.3 is 22.5 Å². The van der Waals surface area contributed by atoms with E-state index in [1.807, 2.05) is 0 Å². The summed E-state index contributed by atoms with van der Waals surface area (Å²) in [5.41, 5.74) is 0. The van der Waals surface area contributed by atoms with E-state index in [0.717, 1.165) is 13.8 Å². The number of carbonyl (C=O) groups excluding carboxylic acids is 4. The van der Waals surface area contributed by atoms with Crippen LogP contribution in [0.15, 0.2) is 10.1 Å². The molecule has 0 aromatic rings. The SMILES string of the molecule is C.CC(=O)OOC(C)=O.O=C1OC(O)C(Cl)=C1Cl.[B-]OC(C)=O.[Na+]. The van der Waals surface area contributed by atoms with Crippen molar-refractivity contribution in [3.63, 3.8) is 0 Å². The zero-order chi connectivity index (χ0) is 17.9. The maximum Gasteiger partial charge on any atom is 1.00 e. The van der Waals surface area contributed by atoms with Gasteiger partial charge in [0.2, 0.25) is 12.3 Å². The first kappa shape index (κ1) is 31.0. The Bertz CT molecular complexity index is 456. The van der Waals surface area contributed by atoms with Gasteiger partial charge in [0.15, 0.2) is 0 Å². The van der Waals surface area contributed by atoms with Gasteiger partial charge in [-0.1, -0.05) is 30.6 Å². The van der Waals surface area contributed by atoms with Crippen LogP contribution in [-0.4, -0.2) is 43.3 Å². The van der Waals surface area contributed by atoms with E-state index < -0.39 is 30.2 Å². The average molecular weight is 396 g/mol. The predicted molar refractivity (Wildman–Crippen MR) is 78.6 cm³/mol. The molecule has 9 nitrogen and oxygen atoms in total. The van der Waals surface area contributed by atoms with E-state index in [4.69, 9.17) is 28.3 Å². The molecule has 0 saturated carbocycles. The Kier molecular flexibility index (Phi) is 22.1. The standard InChI is InChI=1S/C4H2Cl2O3.C4H6O4.C2H3BO2.CH4.Na/c5-1-2(6)4(8)9-3(1)7;1-3(5)7-8-4(2)6;1-2(4)5-3;;/h3,7H;1-2H3;1H3;1H4;/q;;-1;;+1. The summed E-state index contributed by atoms with van der Waals surface area (Å²) in [6.45, 7) is 3.52. The summed E-state index contributed by atoms with van der Waals surface area (Å²) >= 11 is 10.5. The number of halogens is 2. The molecule has 0 amide bonds. The molecule has 1 atom stereocenters. The van der Waals surface area contributed by atoms with Gasteiger partial charge in [-0.15, -0.1) is 0 Å². The fraction of sp³-hybridized carbons (Fsp3) is 0.455. The molecule has 0 aliphatic carbocycles. The second kappa shape index (κ2) is 17.1. The van der Waals surface area contributed by atoms with Crippen molar-refractivity contribution in [1.29, 1.82) is 0 Å². The van der Waals surface area contributed by atoms with E-state index in [0.29, 0.717) is 0 Å². The van der Waals surface area contributed by atoms with Crippen molar-refractivity contribution < 1.29 is 73.0 Å². The third kappa shape index (κ3) is 17.6. The number of hydrogen-bond acceptors (Lipinski definition) is 9. The molecule has 1 heterocycles. The number of ether oxygens (including phenoxy) is 1. The number of aliphatic hydroxyl groups excluding tert-OH is 1. The molecular formula is C11H15BCl2NaO9. The summed E-state index contributed by atoms with van der Waals surface area (Å²) in [7, 11) is 4.32.